The van der Waals surface area contributed by atoms with Crippen LogP contribution in [0.15, 0.2) is 35.6 Å². The number of carbonyl (C=O) groups is 2. The first-order chi connectivity index (χ1) is 20.6. The topological polar surface area (TPSA) is 165 Å². The van der Waals surface area contributed by atoms with Crippen molar-refractivity contribution in [1.29, 1.82) is 0 Å². The van der Waals surface area contributed by atoms with Crippen molar-refractivity contribution < 1.29 is 19.1 Å². The molecule has 44 heavy (non-hydrogen) atoms. The number of carbonyl (C=O) groups excluding carboxylic acids is 2. The molecular formula is C28H34BrClN10O4. The quantitative estimate of drug-likeness (QED) is 0.239. The number of fused-ring (bicyclic) bond motifs is 1. The maximum atomic E-state index is 12.9. The first kappa shape index (κ1) is 31.4. The predicted molar refractivity (Wildman–Crippen MR) is 168 cm³/mol. The zero-order valence-corrected chi connectivity index (χ0v) is 27.6. The molecule has 1 aliphatic rings. The van der Waals surface area contributed by atoms with Gasteiger partial charge in [-0.2, -0.15) is 5.10 Å². The van der Waals surface area contributed by atoms with Gasteiger partial charge in [-0.3, -0.25) is 10.4 Å². The van der Waals surface area contributed by atoms with Crippen LogP contribution in [0.4, 0.5) is 21.1 Å². The van der Waals surface area contributed by atoms with Crippen LogP contribution in [-0.4, -0.2) is 71.2 Å². The van der Waals surface area contributed by atoms with Crippen LogP contribution in [0.25, 0.3) is 11.2 Å². The summed E-state index contributed by atoms with van der Waals surface area (Å²) >= 11 is 10.3. The van der Waals surface area contributed by atoms with E-state index < -0.39 is 28.9 Å². The molecule has 0 saturated carbocycles. The van der Waals surface area contributed by atoms with E-state index in [0.29, 0.717) is 48.1 Å². The Bertz CT molecular complexity index is 1680. The standard InChI is InChI=1S/C28H34BrClN10O4/c1-26(2,3)43-24(41)36-21-20-22(32-13-31-21)40(15-34-20)11-17-18(29)9-16(30)10-19(17)39-8-7-28(12-39,23-33-14-35-38-23)37-25(42)44-27(4,5)6/h9-10,13-15H,7-8,11-12H2,1-6H3,(H,37,42)(H,33,35,38)(H,31,32,36,41). The van der Waals surface area contributed by atoms with Gasteiger partial charge in [-0.1, -0.05) is 27.5 Å². The lowest BCUT2D eigenvalue weighted by Crippen LogP contribution is -2.50. The van der Waals surface area contributed by atoms with Crippen molar-refractivity contribution in [2.45, 2.75) is 71.2 Å². The van der Waals surface area contributed by atoms with E-state index in [1.165, 1.54) is 12.7 Å². The number of nitrogens with zero attached hydrogens (tertiary/aromatic N) is 7. The summed E-state index contributed by atoms with van der Waals surface area (Å²) in [6, 6.07) is 3.70. The molecule has 4 heterocycles. The van der Waals surface area contributed by atoms with Gasteiger partial charge in [0.05, 0.1) is 12.9 Å². The highest BCUT2D eigenvalue weighted by atomic mass is 79.9. The lowest BCUT2D eigenvalue weighted by Gasteiger charge is -2.30. The highest BCUT2D eigenvalue weighted by molar-refractivity contribution is 9.10. The molecule has 3 aromatic heterocycles. The Morgan fingerprint density at radius 1 is 1.07 bits per heavy atom. The van der Waals surface area contributed by atoms with Crippen molar-refractivity contribution in [3.05, 3.63) is 52.0 Å². The second-order valence-electron chi connectivity index (χ2n) is 12.5. The molecule has 1 aromatic carbocycles. The van der Waals surface area contributed by atoms with Crippen molar-refractivity contribution in [2.24, 2.45) is 0 Å². The van der Waals surface area contributed by atoms with Crippen LogP contribution in [0.2, 0.25) is 5.02 Å². The molecule has 1 atom stereocenters. The van der Waals surface area contributed by atoms with E-state index >= 15 is 0 Å². The third-order valence-corrected chi connectivity index (χ3v) is 7.60. The van der Waals surface area contributed by atoms with Gasteiger partial charge in [-0.25, -0.2) is 29.5 Å². The van der Waals surface area contributed by atoms with Crippen molar-refractivity contribution in [2.75, 3.05) is 23.3 Å². The number of rotatable bonds is 6. The van der Waals surface area contributed by atoms with Gasteiger partial charge in [0.15, 0.2) is 22.8 Å². The SMILES string of the molecule is CC(C)(C)OC(=O)Nc1ncnc2c1ncn2Cc1c(Br)cc(Cl)cc1N1CCC(NC(=O)OC(C)(C)C)(c2nc[nH]n2)C1. The molecule has 2 amide bonds. The summed E-state index contributed by atoms with van der Waals surface area (Å²) < 4.78 is 13.6. The first-order valence-corrected chi connectivity index (χ1v) is 15.1. The summed E-state index contributed by atoms with van der Waals surface area (Å²) in [5.74, 6) is 0.693. The molecule has 0 bridgehead atoms. The van der Waals surface area contributed by atoms with Gasteiger partial charge < -0.3 is 24.3 Å². The monoisotopic (exact) mass is 688 g/mol. The van der Waals surface area contributed by atoms with Crippen molar-refractivity contribution >= 4 is 62.4 Å². The Hall–Kier alpha value is -3.98. The summed E-state index contributed by atoms with van der Waals surface area (Å²) in [5.41, 5.74) is 0.417. The van der Waals surface area contributed by atoms with Gasteiger partial charge in [-0.05, 0) is 60.1 Å². The summed E-state index contributed by atoms with van der Waals surface area (Å²) in [4.78, 5) is 45.0. The molecule has 0 radical (unpaired) electrons. The molecule has 5 rings (SSSR count). The number of imidazole rings is 1. The van der Waals surface area contributed by atoms with E-state index in [4.69, 9.17) is 21.1 Å². The molecule has 16 heteroatoms. The first-order valence-electron chi connectivity index (χ1n) is 13.9. The van der Waals surface area contributed by atoms with Crippen LogP contribution >= 0.6 is 27.5 Å². The number of hydrogen-bond acceptors (Lipinski definition) is 10. The second kappa shape index (κ2) is 11.8. The fraction of sp³-hybridized carbons (Fsp3) is 0.464. The predicted octanol–water partition coefficient (Wildman–Crippen LogP) is 5.39. The van der Waals surface area contributed by atoms with Gasteiger partial charge >= 0.3 is 12.2 Å². The van der Waals surface area contributed by atoms with E-state index in [9.17, 15) is 9.59 Å². The van der Waals surface area contributed by atoms with Crippen LogP contribution < -0.4 is 15.5 Å². The smallest absolute Gasteiger partial charge is 0.413 e. The number of ether oxygens (including phenoxy) is 2. The van der Waals surface area contributed by atoms with Gasteiger partial charge in [-0.15, -0.1) is 0 Å². The second-order valence-corrected chi connectivity index (χ2v) is 13.8. The average molecular weight is 690 g/mol. The van der Waals surface area contributed by atoms with Crippen molar-refractivity contribution in [3.8, 4) is 0 Å². The number of anilines is 2. The summed E-state index contributed by atoms with van der Waals surface area (Å²) in [6.07, 6.45) is 3.80. The number of hydrogen-bond donors (Lipinski definition) is 3. The molecular weight excluding hydrogens is 656 g/mol. The zero-order valence-electron chi connectivity index (χ0n) is 25.2. The molecule has 14 nitrogen and oxygen atoms in total. The largest absolute Gasteiger partial charge is 0.444 e. The molecule has 4 aromatic rings. The number of benzene rings is 1. The third-order valence-electron chi connectivity index (χ3n) is 6.68. The minimum atomic E-state index is -0.911. The number of aromatic nitrogens is 7. The van der Waals surface area contributed by atoms with Crippen LogP contribution in [0.1, 0.15) is 59.4 Å². The van der Waals surface area contributed by atoms with Crippen LogP contribution in [0.3, 0.4) is 0 Å². The zero-order chi connectivity index (χ0) is 31.9. The fourth-order valence-corrected chi connectivity index (χ4v) is 5.90. The minimum absolute atomic E-state index is 0.238. The van der Waals surface area contributed by atoms with Crippen LogP contribution in [0.5, 0.6) is 0 Å². The Labute approximate surface area is 267 Å². The molecule has 1 saturated heterocycles. The van der Waals surface area contributed by atoms with Gasteiger partial charge in [0.25, 0.3) is 0 Å². The minimum Gasteiger partial charge on any atom is -0.444 e. The normalized spacial score (nSPS) is 17.1. The maximum absolute atomic E-state index is 12.9. The third kappa shape index (κ3) is 7.04. The van der Waals surface area contributed by atoms with Crippen LogP contribution in [0, 0.1) is 0 Å². The summed E-state index contributed by atoms with van der Waals surface area (Å²) in [7, 11) is 0. The number of alkyl carbamates (subject to hydrolysis) is 1. The lowest BCUT2D eigenvalue weighted by atomic mass is 9.98. The van der Waals surface area contributed by atoms with Gasteiger partial charge in [0, 0.05) is 33.8 Å². The molecule has 0 spiro atoms. The number of halogens is 2. The summed E-state index contributed by atoms with van der Waals surface area (Å²) in [5, 5.41) is 13.3. The highest BCUT2D eigenvalue weighted by Crippen LogP contribution is 2.39. The van der Waals surface area contributed by atoms with E-state index in [1.54, 1.807) is 27.1 Å². The Morgan fingerprint density at radius 3 is 2.48 bits per heavy atom. The van der Waals surface area contributed by atoms with E-state index in [1.807, 2.05) is 37.5 Å². The van der Waals surface area contributed by atoms with Crippen molar-refractivity contribution in [3.63, 3.8) is 0 Å². The van der Waals surface area contributed by atoms with Crippen molar-refractivity contribution in [1.82, 2.24) is 40.0 Å². The molecule has 1 unspecified atom stereocenters. The lowest BCUT2D eigenvalue weighted by molar-refractivity contribution is 0.0456. The maximum Gasteiger partial charge on any atom is 0.413 e. The highest BCUT2D eigenvalue weighted by Gasteiger charge is 2.45. The number of amides is 2. The van der Waals surface area contributed by atoms with E-state index in [-0.39, 0.29) is 5.82 Å². The Morgan fingerprint density at radius 2 is 1.80 bits per heavy atom. The molecule has 1 aliphatic heterocycles. The average Bonchev–Trinajstić information content (AvgIpc) is 3.64. The number of aromatic amines is 1. The number of nitrogens with one attached hydrogen (secondary N) is 3. The van der Waals surface area contributed by atoms with Gasteiger partial charge in [0.2, 0.25) is 0 Å². The fourth-order valence-electron chi connectivity index (χ4n) is 4.98. The molecule has 0 aliphatic carbocycles. The Balaban J connectivity index is 1.45. The molecule has 1 fully saturated rings. The van der Waals surface area contributed by atoms with E-state index in [0.717, 1.165) is 15.7 Å². The number of H-pyrrole nitrogens is 1. The van der Waals surface area contributed by atoms with Gasteiger partial charge in [0.1, 0.15) is 29.4 Å². The molecule has 234 valence electrons. The summed E-state index contributed by atoms with van der Waals surface area (Å²) in [6.45, 7) is 12.1. The van der Waals surface area contributed by atoms with E-state index in [2.05, 4.69) is 61.6 Å². The molecule has 3 N–H and O–H groups in total. The van der Waals surface area contributed by atoms with Crippen LogP contribution in [-0.2, 0) is 21.6 Å². The Kier molecular flexibility index (Phi) is 8.46.